The lowest BCUT2D eigenvalue weighted by Crippen LogP contribution is -2.50. The van der Waals surface area contributed by atoms with E-state index < -0.39 is 20.9 Å². The summed E-state index contributed by atoms with van der Waals surface area (Å²) in [6.45, 7) is 13.3. The number of likely N-dealkylation sites (N-methyl/N-ethyl adjacent to an activating group) is 1. The monoisotopic (exact) mass is 324 g/mol. The molecule has 0 saturated heterocycles. The highest BCUT2D eigenvalue weighted by atomic mass is 32.2. The predicted molar refractivity (Wildman–Crippen MR) is 83.5 cm³/mol. The average molecular weight is 324 g/mol. The number of aliphatic hydroxyl groups excluding tert-OH is 1. The Kier molecular flexibility index (Phi) is 11.4. The van der Waals surface area contributed by atoms with E-state index in [0.29, 0.717) is 0 Å². The number of hydrogen-bond donors (Lipinski definition) is 3. The van der Waals surface area contributed by atoms with Crippen LogP contribution in [0.2, 0.25) is 0 Å². The lowest BCUT2D eigenvalue weighted by Gasteiger charge is -2.25. The fraction of sp³-hybridized carbons (Fsp3) is 0.769. The van der Waals surface area contributed by atoms with Crippen molar-refractivity contribution in [2.24, 2.45) is 0 Å². The number of amides is 1. The third-order valence-electron chi connectivity index (χ3n) is 3.13. The lowest BCUT2D eigenvalue weighted by molar-refractivity contribution is -0.117. The maximum atomic E-state index is 10.8. The number of aliphatic hydroxyl groups is 1. The first-order chi connectivity index (χ1) is 9.61. The average Bonchev–Trinajstić information content (AvgIpc) is 2.43. The third kappa shape index (κ3) is 8.82. The third-order valence-corrected chi connectivity index (χ3v) is 4.66. The summed E-state index contributed by atoms with van der Waals surface area (Å²) in [6, 6.07) is 0. The van der Waals surface area contributed by atoms with Gasteiger partial charge in [0.15, 0.2) is 4.87 Å². The lowest BCUT2D eigenvalue weighted by atomic mass is 10.2. The zero-order chi connectivity index (χ0) is 17.1. The molecule has 1 amide bonds. The van der Waals surface area contributed by atoms with Gasteiger partial charge >= 0.3 is 0 Å². The highest BCUT2D eigenvalue weighted by molar-refractivity contribution is 7.87. The molecule has 8 heteroatoms. The van der Waals surface area contributed by atoms with Crippen molar-refractivity contribution in [2.45, 2.75) is 39.0 Å². The van der Waals surface area contributed by atoms with E-state index in [4.69, 9.17) is 9.66 Å². The molecular formula is C13H28N2O5S. The molecule has 0 aliphatic heterocycles. The van der Waals surface area contributed by atoms with Crippen LogP contribution >= 0.6 is 0 Å². The van der Waals surface area contributed by atoms with Gasteiger partial charge in [0.05, 0.1) is 6.61 Å². The Bertz CT molecular complexity index is 407. The summed E-state index contributed by atoms with van der Waals surface area (Å²) in [5.74, 6) is -0.637. The van der Waals surface area contributed by atoms with Crippen LogP contribution in [-0.4, -0.2) is 60.0 Å². The first-order valence-electron chi connectivity index (χ1n) is 6.86. The Morgan fingerprint density at radius 2 is 1.81 bits per heavy atom. The topological polar surface area (TPSA) is 107 Å². The van der Waals surface area contributed by atoms with Crippen LogP contribution in [0.15, 0.2) is 12.7 Å². The smallest absolute Gasteiger partial charge is 0.288 e. The van der Waals surface area contributed by atoms with Crippen molar-refractivity contribution in [3.8, 4) is 0 Å². The van der Waals surface area contributed by atoms with E-state index in [1.54, 1.807) is 0 Å². The molecule has 0 heterocycles. The van der Waals surface area contributed by atoms with E-state index >= 15 is 0 Å². The summed E-state index contributed by atoms with van der Waals surface area (Å²) in [4.78, 5) is 11.4. The van der Waals surface area contributed by atoms with Gasteiger partial charge in [-0.15, -0.1) is 0 Å². The van der Waals surface area contributed by atoms with Crippen molar-refractivity contribution in [1.82, 2.24) is 10.2 Å². The van der Waals surface area contributed by atoms with Crippen molar-refractivity contribution in [1.29, 1.82) is 0 Å². The summed E-state index contributed by atoms with van der Waals surface area (Å²) in [6.07, 6.45) is 1.02. The Morgan fingerprint density at radius 3 is 2.00 bits per heavy atom. The van der Waals surface area contributed by atoms with Crippen molar-refractivity contribution < 1.29 is 22.9 Å². The SMILES string of the molecule is C=CC(=O)NC(C)(CC)S(=O)(=O)O.CCN(CC)CCO. The quantitative estimate of drug-likeness (QED) is 0.446. The maximum Gasteiger partial charge on any atom is 0.288 e. The van der Waals surface area contributed by atoms with Gasteiger partial charge < -0.3 is 15.3 Å². The number of carbonyl (C=O) groups is 1. The molecule has 0 aliphatic rings. The Labute approximate surface area is 127 Å². The fourth-order valence-electron chi connectivity index (χ4n) is 1.33. The van der Waals surface area contributed by atoms with Crippen LogP contribution in [0.4, 0.5) is 0 Å². The molecule has 0 aromatic carbocycles. The number of rotatable bonds is 8. The zero-order valence-electron chi connectivity index (χ0n) is 13.3. The first-order valence-corrected chi connectivity index (χ1v) is 8.30. The second-order valence-electron chi connectivity index (χ2n) is 4.50. The van der Waals surface area contributed by atoms with Gasteiger partial charge in [0.2, 0.25) is 5.91 Å². The summed E-state index contributed by atoms with van der Waals surface area (Å²) in [5.41, 5.74) is 0. The van der Waals surface area contributed by atoms with E-state index in [2.05, 4.69) is 30.6 Å². The Hall–Kier alpha value is -0.960. The van der Waals surface area contributed by atoms with Crippen LogP contribution in [0, 0.1) is 0 Å². The molecule has 0 aromatic heterocycles. The van der Waals surface area contributed by atoms with Crippen LogP contribution in [0.1, 0.15) is 34.1 Å². The first kappa shape index (κ1) is 22.3. The van der Waals surface area contributed by atoms with Crippen molar-refractivity contribution >= 4 is 16.0 Å². The molecule has 0 bridgehead atoms. The van der Waals surface area contributed by atoms with E-state index in [0.717, 1.165) is 25.7 Å². The fourth-order valence-corrected chi connectivity index (χ4v) is 1.92. The second-order valence-corrected chi connectivity index (χ2v) is 6.35. The molecule has 1 unspecified atom stereocenters. The molecule has 126 valence electrons. The number of hydrogen-bond acceptors (Lipinski definition) is 5. The molecule has 0 aliphatic carbocycles. The van der Waals surface area contributed by atoms with Gasteiger partial charge in [-0.3, -0.25) is 9.35 Å². The molecule has 3 N–H and O–H groups in total. The number of carbonyl (C=O) groups excluding carboxylic acids is 1. The van der Waals surface area contributed by atoms with Crippen LogP contribution in [0.3, 0.4) is 0 Å². The Balaban J connectivity index is 0. The molecule has 1 atom stereocenters. The predicted octanol–water partition coefficient (Wildman–Crippen LogP) is 0.623. The van der Waals surface area contributed by atoms with Gasteiger partial charge in [-0.05, 0) is 32.5 Å². The van der Waals surface area contributed by atoms with Gasteiger partial charge in [-0.1, -0.05) is 27.4 Å². The van der Waals surface area contributed by atoms with Crippen LogP contribution in [-0.2, 0) is 14.9 Å². The largest absolute Gasteiger partial charge is 0.395 e. The van der Waals surface area contributed by atoms with Crippen molar-refractivity contribution in [2.75, 3.05) is 26.2 Å². The molecule has 0 radical (unpaired) electrons. The minimum atomic E-state index is -4.30. The summed E-state index contributed by atoms with van der Waals surface area (Å²) in [7, 11) is -4.30. The summed E-state index contributed by atoms with van der Waals surface area (Å²) < 4.78 is 30.5. The van der Waals surface area contributed by atoms with Crippen LogP contribution in [0.25, 0.3) is 0 Å². The van der Waals surface area contributed by atoms with E-state index in [-0.39, 0.29) is 13.0 Å². The van der Waals surface area contributed by atoms with Crippen LogP contribution in [0.5, 0.6) is 0 Å². The Morgan fingerprint density at radius 1 is 1.33 bits per heavy atom. The van der Waals surface area contributed by atoms with Gasteiger partial charge in [0, 0.05) is 6.54 Å². The summed E-state index contributed by atoms with van der Waals surface area (Å²) in [5, 5.41) is 10.6. The standard InChI is InChI=1S/C7H13NO4S.C6H15NO/c1-4-6(9)8-7(3,5-2)13(10,11)12;1-3-7(4-2)5-6-8/h4H,1,5H2,2-3H3,(H,8,9)(H,10,11,12);8H,3-6H2,1-2H3. The van der Waals surface area contributed by atoms with Gasteiger partial charge in [-0.2, -0.15) is 8.42 Å². The molecule has 0 fully saturated rings. The maximum absolute atomic E-state index is 10.8. The van der Waals surface area contributed by atoms with E-state index in [1.807, 2.05) is 0 Å². The molecule has 0 aromatic rings. The van der Waals surface area contributed by atoms with Crippen LogP contribution < -0.4 is 5.32 Å². The minimum absolute atomic E-state index is 0.0748. The van der Waals surface area contributed by atoms with E-state index in [1.165, 1.54) is 13.8 Å². The minimum Gasteiger partial charge on any atom is -0.395 e. The van der Waals surface area contributed by atoms with Gasteiger partial charge in [0.1, 0.15) is 0 Å². The molecule has 0 spiro atoms. The molecule has 0 saturated carbocycles. The molecule has 21 heavy (non-hydrogen) atoms. The summed E-state index contributed by atoms with van der Waals surface area (Å²) >= 11 is 0. The van der Waals surface area contributed by atoms with Gasteiger partial charge in [0.25, 0.3) is 10.1 Å². The van der Waals surface area contributed by atoms with Crippen molar-refractivity contribution in [3.05, 3.63) is 12.7 Å². The van der Waals surface area contributed by atoms with E-state index in [9.17, 15) is 13.2 Å². The second kappa shape index (κ2) is 10.7. The molecule has 0 rings (SSSR count). The zero-order valence-corrected chi connectivity index (χ0v) is 14.1. The highest BCUT2D eigenvalue weighted by Crippen LogP contribution is 2.15. The highest BCUT2D eigenvalue weighted by Gasteiger charge is 2.36. The van der Waals surface area contributed by atoms with Crippen molar-refractivity contribution in [3.63, 3.8) is 0 Å². The normalized spacial score (nSPS) is 13.9. The number of nitrogens with one attached hydrogen (secondary N) is 1. The number of nitrogens with zero attached hydrogens (tertiary/aromatic N) is 1. The molecule has 7 nitrogen and oxygen atoms in total. The van der Waals surface area contributed by atoms with Gasteiger partial charge in [-0.25, -0.2) is 0 Å². The molecular weight excluding hydrogens is 296 g/mol.